The van der Waals surface area contributed by atoms with Crippen LogP contribution in [0.15, 0.2) is 6.07 Å². The van der Waals surface area contributed by atoms with Gasteiger partial charge in [0.1, 0.15) is 0 Å². The Kier molecular flexibility index (Phi) is 4.24. The van der Waals surface area contributed by atoms with Crippen LogP contribution in [0.3, 0.4) is 0 Å². The van der Waals surface area contributed by atoms with E-state index in [0.29, 0.717) is 6.07 Å². The molecule has 0 saturated carbocycles. The molecule has 1 aromatic rings. The van der Waals surface area contributed by atoms with E-state index in [1.807, 2.05) is 0 Å². The number of alkyl halides is 5. The Morgan fingerprint density at radius 3 is 2.42 bits per heavy atom. The molecule has 0 aliphatic carbocycles. The first kappa shape index (κ1) is 15.1. The third-order valence-corrected chi connectivity index (χ3v) is 1.96. The summed E-state index contributed by atoms with van der Waals surface area (Å²) in [6.07, 6.45) is -8.36. The molecule has 0 aliphatic rings. The van der Waals surface area contributed by atoms with Crippen LogP contribution in [0, 0.1) is 0 Å². The fourth-order valence-corrected chi connectivity index (χ4v) is 1.24. The molecule has 5 nitrogen and oxygen atoms in total. The molecule has 19 heavy (non-hydrogen) atoms. The smallest absolute Gasteiger partial charge is 0.476 e. The van der Waals surface area contributed by atoms with Crippen molar-refractivity contribution in [3.63, 3.8) is 0 Å². The number of carboxylic acids is 1. The molecule has 3 N–H and O–H groups in total. The number of rotatable bonds is 4. The highest BCUT2D eigenvalue weighted by Crippen LogP contribution is 2.30. The average Bonchev–Trinajstić information content (AvgIpc) is 2.25. The number of nitrogens with two attached hydrogens (primary N) is 1. The van der Waals surface area contributed by atoms with E-state index in [-0.39, 0.29) is 0 Å². The Balaban J connectivity index is 3.40. The van der Waals surface area contributed by atoms with Gasteiger partial charge in [-0.1, -0.05) is 0 Å². The van der Waals surface area contributed by atoms with Crippen LogP contribution in [0.1, 0.15) is 28.0 Å². The standard InChI is InChI=1S/C9H7F5N2O3/c10-6(11)4-1-3(2-15)7(19-9(12,13)14)16-5(4)8(17)18/h1,6H,2,15H2,(H,17,18). The minimum atomic E-state index is -5.14. The van der Waals surface area contributed by atoms with Crippen LogP contribution in [-0.4, -0.2) is 22.4 Å². The maximum Gasteiger partial charge on any atom is 0.574 e. The van der Waals surface area contributed by atoms with Crippen LogP contribution >= 0.6 is 0 Å². The first-order valence-corrected chi connectivity index (χ1v) is 4.66. The van der Waals surface area contributed by atoms with E-state index >= 15 is 0 Å². The van der Waals surface area contributed by atoms with E-state index in [2.05, 4.69) is 9.72 Å². The van der Waals surface area contributed by atoms with Crippen molar-refractivity contribution in [3.8, 4) is 5.88 Å². The van der Waals surface area contributed by atoms with Gasteiger partial charge in [-0.3, -0.25) is 0 Å². The Labute approximate surface area is 102 Å². The number of carboxylic acid groups (broad SMARTS) is 1. The van der Waals surface area contributed by atoms with Gasteiger partial charge in [-0.25, -0.2) is 18.6 Å². The zero-order valence-electron chi connectivity index (χ0n) is 9.04. The number of nitrogens with zero attached hydrogens (tertiary/aromatic N) is 1. The van der Waals surface area contributed by atoms with E-state index in [1.54, 1.807) is 0 Å². The summed E-state index contributed by atoms with van der Waals surface area (Å²) in [5, 5.41) is 8.64. The molecule has 10 heteroatoms. The van der Waals surface area contributed by atoms with Crippen molar-refractivity contribution < 1.29 is 36.6 Å². The van der Waals surface area contributed by atoms with Gasteiger partial charge in [-0.05, 0) is 6.07 Å². The van der Waals surface area contributed by atoms with Crippen molar-refractivity contribution in [1.82, 2.24) is 4.98 Å². The van der Waals surface area contributed by atoms with Gasteiger partial charge in [0.05, 0.1) is 5.56 Å². The molecule has 1 rings (SSSR count). The van der Waals surface area contributed by atoms with Crippen LogP contribution in [0.5, 0.6) is 5.88 Å². The lowest BCUT2D eigenvalue weighted by Crippen LogP contribution is -2.21. The number of ether oxygens (including phenoxy) is 1. The lowest BCUT2D eigenvalue weighted by Gasteiger charge is -2.14. The predicted octanol–water partition coefficient (Wildman–Crippen LogP) is 2.07. The predicted molar refractivity (Wildman–Crippen MR) is 50.7 cm³/mol. The average molecular weight is 286 g/mol. The molecule has 0 atom stereocenters. The third kappa shape index (κ3) is 3.74. The molecule has 0 spiro atoms. The van der Waals surface area contributed by atoms with Crippen LogP contribution in [-0.2, 0) is 6.54 Å². The maximum absolute atomic E-state index is 12.6. The minimum absolute atomic E-state index is 0.474. The van der Waals surface area contributed by atoms with E-state index < -0.39 is 48.0 Å². The Hall–Kier alpha value is -1.97. The minimum Gasteiger partial charge on any atom is -0.476 e. The SMILES string of the molecule is NCc1cc(C(F)F)c(C(=O)O)nc1OC(F)(F)F. The normalized spacial score (nSPS) is 11.7. The number of aromatic nitrogens is 1. The highest BCUT2D eigenvalue weighted by Gasteiger charge is 2.34. The third-order valence-electron chi connectivity index (χ3n) is 1.96. The number of pyridine rings is 1. The molecule has 0 aromatic carbocycles. The summed E-state index contributed by atoms with van der Waals surface area (Å²) < 4.78 is 64.7. The molecule has 0 amide bonds. The Morgan fingerprint density at radius 2 is 2.05 bits per heavy atom. The van der Waals surface area contributed by atoms with Gasteiger partial charge in [-0.15, -0.1) is 13.2 Å². The lowest BCUT2D eigenvalue weighted by atomic mass is 10.1. The van der Waals surface area contributed by atoms with Crippen molar-refractivity contribution in [3.05, 3.63) is 22.9 Å². The molecule has 106 valence electrons. The second kappa shape index (κ2) is 5.34. The van der Waals surface area contributed by atoms with Gasteiger partial charge in [-0.2, -0.15) is 0 Å². The van der Waals surface area contributed by atoms with Crippen molar-refractivity contribution in [2.24, 2.45) is 5.73 Å². The number of carbonyl (C=O) groups is 1. The highest BCUT2D eigenvalue weighted by molar-refractivity contribution is 5.87. The zero-order chi connectivity index (χ0) is 14.8. The molecule has 0 bridgehead atoms. The Bertz CT molecular complexity index is 489. The second-order valence-electron chi connectivity index (χ2n) is 3.25. The van der Waals surface area contributed by atoms with Crippen LogP contribution in [0.25, 0.3) is 0 Å². The molecule has 0 fully saturated rings. The van der Waals surface area contributed by atoms with Crippen molar-refractivity contribution in [2.45, 2.75) is 19.3 Å². The van der Waals surface area contributed by atoms with Gasteiger partial charge in [0.15, 0.2) is 5.69 Å². The second-order valence-corrected chi connectivity index (χ2v) is 3.25. The fourth-order valence-electron chi connectivity index (χ4n) is 1.24. The maximum atomic E-state index is 12.6. The molecular formula is C9H7F5N2O3. The molecule has 1 heterocycles. The van der Waals surface area contributed by atoms with Gasteiger partial charge >= 0.3 is 12.3 Å². The number of halogens is 5. The van der Waals surface area contributed by atoms with Crippen LogP contribution in [0.2, 0.25) is 0 Å². The number of aromatic carboxylic acids is 1. The highest BCUT2D eigenvalue weighted by atomic mass is 19.4. The first-order chi connectivity index (χ1) is 8.65. The number of hydrogen-bond donors (Lipinski definition) is 2. The van der Waals surface area contributed by atoms with Crippen molar-refractivity contribution in [2.75, 3.05) is 0 Å². The summed E-state index contributed by atoms with van der Waals surface area (Å²) in [7, 11) is 0. The van der Waals surface area contributed by atoms with Gasteiger partial charge in [0, 0.05) is 12.1 Å². The van der Waals surface area contributed by atoms with Gasteiger partial charge in [0.2, 0.25) is 5.88 Å². The molecule has 1 aromatic heterocycles. The van der Waals surface area contributed by atoms with Crippen LogP contribution in [0.4, 0.5) is 22.0 Å². The van der Waals surface area contributed by atoms with E-state index in [4.69, 9.17) is 10.8 Å². The first-order valence-electron chi connectivity index (χ1n) is 4.66. The van der Waals surface area contributed by atoms with Crippen LogP contribution < -0.4 is 10.5 Å². The molecule has 0 radical (unpaired) electrons. The molecular weight excluding hydrogens is 279 g/mol. The zero-order valence-corrected chi connectivity index (χ0v) is 9.04. The summed E-state index contributed by atoms with van der Waals surface area (Å²) in [5.74, 6) is -3.05. The van der Waals surface area contributed by atoms with E-state index in [0.717, 1.165) is 0 Å². The van der Waals surface area contributed by atoms with E-state index in [9.17, 15) is 26.7 Å². The molecule has 0 aliphatic heterocycles. The topological polar surface area (TPSA) is 85.4 Å². The molecule has 0 unspecified atom stereocenters. The monoisotopic (exact) mass is 286 g/mol. The van der Waals surface area contributed by atoms with Crippen molar-refractivity contribution in [1.29, 1.82) is 0 Å². The van der Waals surface area contributed by atoms with Gasteiger partial charge < -0.3 is 15.6 Å². The van der Waals surface area contributed by atoms with Crippen molar-refractivity contribution >= 4 is 5.97 Å². The number of hydrogen-bond acceptors (Lipinski definition) is 4. The van der Waals surface area contributed by atoms with Gasteiger partial charge in [0.25, 0.3) is 6.43 Å². The fraction of sp³-hybridized carbons (Fsp3) is 0.333. The largest absolute Gasteiger partial charge is 0.574 e. The summed E-state index contributed by atoms with van der Waals surface area (Å²) in [6, 6.07) is 0.530. The van der Waals surface area contributed by atoms with E-state index in [1.165, 1.54) is 0 Å². The Morgan fingerprint density at radius 1 is 1.47 bits per heavy atom. The summed E-state index contributed by atoms with van der Waals surface area (Å²) in [4.78, 5) is 13.6. The summed E-state index contributed by atoms with van der Waals surface area (Å²) >= 11 is 0. The summed E-state index contributed by atoms with van der Waals surface area (Å²) in [6.45, 7) is -0.571. The quantitative estimate of drug-likeness (QED) is 0.828. The molecule has 0 saturated heterocycles. The lowest BCUT2D eigenvalue weighted by molar-refractivity contribution is -0.276. The summed E-state index contributed by atoms with van der Waals surface area (Å²) in [5.41, 5.74) is 2.37.